The molecule has 0 saturated carbocycles. The minimum Gasteiger partial charge on any atom is -0.314 e. The highest BCUT2D eigenvalue weighted by atomic mass is 32.1. The quantitative estimate of drug-likeness (QED) is 0.758. The second-order valence-corrected chi connectivity index (χ2v) is 4.57. The van der Waals surface area contributed by atoms with Crippen LogP contribution in [0.2, 0.25) is 0 Å². The second-order valence-electron chi connectivity index (χ2n) is 3.68. The Balaban J connectivity index is 2.06. The summed E-state index contributed by atoms with van der Waals surface area (Å²) in [4.78, 5) is 6.86. The number of aromatic nitrogens is 1. The SMILES string of the molecule is C#Cc1csc(C(C)N2CCNCC2)n1. The maximum absolute atomic E-state index is 5.31. The number of hydrogen-bond acceptors (Lipinski definition) is 4. The third-order valence-corrected chi connectivity index (χ3v) is 3.74. The molecule has 4 heteroatoms. The molecule has 3 nitrogen and oxygen atoms in total. The molecule has 1 N–H and O–H groups in total. The molecule has 1 aromatic rings. The van der Waals surface area contributed by atoms with E-state index in [9.17, 15) is 0 Å². The average Bonchev–Trinajstić information content (AvgIpc) is 2.78. The van der Waals surface area contributed by atoms with Gasteiger partial charge in [-0.15, -0.1) is 17.8 Å². The van der Waals surface area contributed by atoms with Crippen LogP contribution < -0.4 is 5.32 Å². The van der Waals surface area contributed by atoms with E-state index in [0.29, 0.717) is 6.04 Å². The first-order chi connectivity index (χ1) is 7.31. The first kappa shape index (κ1) is 10.6. The van der Waals surface area contributed by atoms with E-state index in [4.69, 9.17) is 6.42 Å². The monoisotopic (exact) mass is 221 g/mol. The lowest BCUT2D eigenvalue weighted by Gasteiger charge is -2.31. The average molecular weight is 221 g/mol. The van der Waals surface area contributed by atoms with Crippen molar-refractivity contribution >= 4 is 11.3 Å². The molecule has 1 unspecified atom stereocenters. The zero-order valence-corrected chi connectivity index (χ0v) is 9.68. The van der Waals surface area contributed by atoms with E-state index < -0.39 is 0 Å². The number of rotatable bonds is 2. The van der Waals surface area contributed by atoms with Crippen molar-refractivity contribution < 1.29 is 0 Å². The highest BCUT2D eigenvalue weighted by Gasteiger charge is 2.20. The van der Waals surface area contributed by atoms with Gasteiger partial charge in [0.15, 0.2) is 0 Å². The predicted octanol–water partition coefficient (Wildman–Crippen LogP) is 1.09. The van der Waals surface area contributed by atoms with Crippen molar-refractivity contribution in [2.45, 2.75) is 13.0 Å². The number of piperazine rings is 1. The molecule has 0 amide bonds. The molecule has 0 spiro atoms. The summed E-state index contributed by atoms with van der Waals surface area (Å²) in [5, 5.41) is 6.43. The highest BCUT2D eigenvalue weighted by molar-refractivity contribution is 7.09. The summed E-state index contributed by atoms with van der Waals surface area (Å²) >= 11 is 1.66. The summed E-state index contributed by atoms with van der Waals surface area (Å²) in [6.45, 7) is 6.51. The van der Waals surface area contributed by atoms with Crippen molar-refractivity contribution in [3.8, 4) is 12.3 Å². The normalized spacial score (nSPS) is 19.7. The molecule has 1 atom stereocenters. The number of thiazole rings is 1. The van der Waals surface area contributed by atoms with Crippen LogP contribution in [0.1, 0.15) is 23.7 Å². The van der Waals surface area contributed by atoms with E-state index in [1.54, 1.807) is 11.3 Å². The van der Waals surface area contributed by atoms with Crippen molar-refractivity contribution in [1.82, 2.24) is 15.2 Å². The number of hydrogen-bond donors (Lipinski definition) is 1. The molecule has 1 aliphatic heterocycles. The molecule has 1 fully saturated rings. The van der Waals surface area contributed by atoms with Gasteiger partial charge in [-0.1, -0.05) is 0 Å². The van der Waals surface area contributed by atoms with Gasteiger partial charge in [-0.05, 0) is 12.8 Å². The number of nitrogens with one attached hydrogen (secondary N) is 1. The molecule has 0 bridgehead atoms. The van der Waals surface area contributed by atoms with E-state index in [0.717, 1.165) is 36.9 Å². The van der Waals surface area contributed by atoms with E-state index in [1.807, 2.05) is 5.38 Å². The summed E-state index contributed by atoms with van der Waals surface area (Å²) in [5.74, 6) is 2.57. The molecule has 2 heterocycles. The van der Waals surface area contributed by atoms with Gasteiger partial charge in [-0.2, -0.15) is 0 Å². The smallest absolute Gasteiger partial charge is 0.124 e. The van der Waals surface area contributed by atoms with Crippen LogP contribution in [0.3, 0.4) is 0 Å². The van der Waals surface area contributed by atoms with E-state index in [2.05, 4.69) is 28.0 Å². The molecule has 80 valence electrons. The van der Waals surface area contributed by atoms with E-state index in [-0.39, 0.29) is 0 Å². The van der Waals surface area contributed by atoms with Crippen LogP contribution in [0.5, 0.6) is 0 Å². The predicted molar refractivity (Wildman–Crippen MR) is 62.9 cm³/mol. The lowest BCUT2D eigenvalue weighted by Crippen LogP contribution is -2.44. The second kappa shape index (κ2) is 4.75. The van der Waals surface area contributed by atoms with Gasteiger partial charge in [-0.3, -0.25) is 4.90 Å². The first-order valence-corrected chi connectivity index (χ1v) is 6.06. The Morgan fingerprint density at radius 1 is 1.60 bits per heavy atom. The summed E-state index contributed by atoms with van der Waals surface area (Å²) < 4.78 is 0. The van der Waals surface area contributed by atoms with Crippen molar-refractivity contribution in [2.24, 2.45) is 0 Å². The molecule has 15 heavy (non-hydrogen) atoms. The van der Waals surface area contributed by atoms with Gasteiger partial charge in [0, 0.05) is 31.6 Å². The largest absolute Gasteiger partial charge is 0.314 e. The molecule has 1 aromatic heterocycles. The third-order valence-electron chi connectivity index (χ3n) is 2.73. The Morgan fingerprint density at radius 3 is 2.93 bits per heavy atom. The maximum atomic E-state index is 5.31. The van der Waals surface area contributed by atoms with Crippen LogP contribution in [0.15, 0.2) is 5.38 Å². The Bertz CT molecular complexity index is 360. The summed E-state index contributed by atoms with van der Waals surface area (Å²) in [5.41, 5.74) is 0.761. The first-order valence-electron chi connectivity index (χ1n) is 5.18. The van der Waals surface area contributed by atoms with Gasteiger partial charge < -0.3 is 5.32 Å². The molecule has 0 aliphatic carbocycles. The third kappa shape index (κ3) is 2.37. The molecule has 1 aliphatic rings. The highest BCUT2D eigenvalue weighted by Crippen LogP contribution is 2.23. The maximum Gasteiger partial charge on any atom is 0.124 e. The Hall–Kier alpha value is -0.890. The van der Waals surface area contributed by atoms with Gasteiger partial charge in [0.05, 0.1) is 6.04 Å². The molecule has 0 radical (unpaired) electrons. The number of terminal acetylenes is 1. The summed E-state index contributed by atoms with van der Waals surface area (Å²) in [6.07, 6.45) is 5.31. The van der Waals surface area contributed by atoms with E-state index in [1.165, 1.54) is 0 Å². The van der Waals surface area contributed by atoms with Gasteiger partial charge in [0.2, 0.25) is 0 Å². The fourth-order valence-electron chi connectivity index (χ4n) is 1.77. The van der Waals surface area contributed by atoms with Crippen LogP contribution in [-0.4, -0.2) is 36.1 Å². The van der Waals surface area contributed by atoms with Crippen LogP contribution in [0.4, 0.5) is 0 Å². The van der Waals surface area contributed by atoms with Crippen molar-refractivity contribution in [1.29, 1.82) is 0 Å². The van der Waals surface area contributed by atoms with Gasteiger partial charge in [0.25, 0.3) is 0 Å². The zero-order chi connectivity index (χ0) is 10.7. The standard InChI is InChI=1S/C11H15N3S/c1-3-10-8-15-11(13-10)9(2)14-6-4-12-5-7-14/h1,8-9,12H,4-7H2,2H3. The summed E-state index contributed by atoms with van der Waals surface area (Å²) in [6, 6.07) is 0.388. The Kier molecular flexibility index (Phi) is 3.37. The lowest BCUT2D eigenvalue weighted by atomic mass is 10.2. The van der Waals surface area contributed by atoms with Crippen molar-refractivity contribution in [3.63, 3.8) is 0 Å². The van der Waals surface area contributed by atoms with Crippen LogP contribution >= 0.6 is 11.3 Å². The molecular formula is C11H15N3S. The van der Waals surface area contributed by atoms with Crippen LogP contribution in [0, 0.1) is 12.3 Å². The fraction of sp³-hybridized carbons (Fsp3) is 0.545. The molecular weight excluding hydrogens is 206 g/mol. The molecule has 0 aromatic carbocycles. The minimum absolute atomic E-state index is 0.388. The van der Waals surface area contributed by atoms with Crippen LogP contribution in [0.25, 0.3) is 0 Å². The van der Waals surface area contributed by atoms with Crippen molar-refractivity contribution in [2.75, 3.05) is 26.2 Å². The van der Waals surface area contributed by atoms with Crippen molar-refractivity contribution in [3.05, 3.63) is 16.1 Å². The summed E-state index contributed by atoms with van der Waals surface area (Å²) in [7, 11) is 0. The fourth-order valence-corrected chi connectivity index (χ4v) is 2.62. The minimum atomic E-state index is 0.388. The Labute approximate surface area is 94.5 Å². The number of nitrogens with zero attached hydrogens (tertiary/aromatic N) is 2. The molecule has 2 rings (SSSR count). The van der Waals surface area contributed by atoms with Gasteiger partial charge in [0.1, 0.15) is 10.7 Å². The lowest BCUT2D eigenvalue weighted by molar-refractivity contribution is 0.185. The van der Waals surface area contributed by atoms with Gasteiger partial charge in [-0.25, -0.2) is 4.98 Å². The molecule has 1 saturated heterocycles. The van der Waals surface area contributed by atoms with E-state index >= 15 is 0 Å². The Morgan fingerprint density at radius 2 is 2.33 bits per heavy atom. The van der Waals surface area contributed by atoms with Gasteiger partial charge >= 0.3 is 0 Å². The topological polar surface area (TPSA) is 28.2 Å². The zero-order valence-electron chi connectivity index (χ0n) is 8.86. The van der Waals surface area contributed by atoms with Crippen LogP contribution in [-0.2, 0) is 0 Å².